The number of aromatic nitrogens is 2. The van der Waals surface area contributed by atoms with Crippen molar-refractivity contribution >= 4 is 0 Å². The summed E-state index contributed by atoms with van der Waals surface area (Å²) in [5.41, 5.74) is 3.30. The van der Waals surface area contributed by atoms with Crippen LogP contribution in [-0.2, 0) is 12.8 Å². The fourth-order valence-electron chi connectivity index (χ4n) is 2.80. The summed E-state index contributed by atoms with van der Waals surface area (Å²) in [5.74, 6) is 2.26. The van der Waals surface area contributed by atoms with Gasteiger partial charge in [0.2, 0.25) is 5.88 Å². The van der Waals surface area contributed by atoms with E-state index in [9.17, 15) is 0 Å². The highest BCUT2D eigenvalue weighted by Crippen LogP contribution is 2.33. The van der Waals surface area contributed by atoms with Crippen LogP contribution in [0.4, 0.5) is 0 Å². The second-order valence-corrected chi connectivity index (χ2v) is 5.41. The lowest BCUT2D eigenvalue weighted by Crippen LogP contribution is -2.00. The molecule has 0 radical (unpaired) electrons. The number of benzene rings is 2. The van der Waals surface area contributed by atoms with Crippen molar-refractivity contribution in [3.8, 4) is 23.0 Å². The Bertz CT molecular complexity index is 785. The van der Waals surface area contributed by atoms with Crippen molar-refractivity contribution in [3.05, 3.63) is 71.9 Å². The molecule has 0 aliphatic heterocycles. The summed E-state index contributed by atoms with van der Waals surface area (Å²) in [6, 6.07) is 19.9. The Hall–Kier alpha value is -2.68. The van der Waals surface area contributed by atoms with Gasteiger partial charge >= 0.3 is 0 Å². The number of para-hydroxylation sites is 1. The molecule has 0 bridgehead atoms. The summed E-state index contributed by atoms with van der Waals surface area (Å²) in [5, 5.41) is 0. The van der Waals surface area contributed by atoms with Gasteiger partial charge < -0.3 is 4.74 Å². The number of fused-ring (bicyclic) bond motifs is 1. The van der Waals surface area contributed by atoms with Crippen LogP contribution in [0.1, 0.15) is 17.7 Å². The molecule has 1 aliphatic rings. The SMILES string of the molecule is c1ccc(Oc2nc(-c3ccccc3)nc3c2CCC3)cc1. The van der Waals surface area contributed by atoms with Crippen molar-refractivity contribution in [2.24, 2.45) is 0 Å². The molecule has 2 aromatic carbocycles. The van der Waals surface area contributed by atoms with Crippen molar-refractivity contribution in [3.63, 3.8) is 0 Å². The summed E-state index contributed by atoms with van der Waals surface area (Å²) >= 11 is 0. The molecule has 0 amide bonds. The Kier molecular flexibility index (Phi) is 3.31. The highest BCUT2D eigenvalue weighted by Gasteiger charge is 2.21. The van der Waals surface area contributed by atoms with Crippen LogP contribution in [0.25, 0.3) is 11.4 Å². The molecule has 0 atom stereocenters. The molecule has 0 N–H and O–H groups in total. The zero-order valence-corrected chi connectivity index (χ0v) is 12.2. The number of hydrogen-bond donors (Lipinski definition) is 0. The zero-order chi connectivity index (χ0) is 14.8. The van der Waals surface area contributed by atoms with Crippen molar-refractivity contribution in [1.82, 2.24) is 9.97 Å². The van der Waals surface area contributed by atoms with E-state index < -0.39 is 0 Å². The van der Waals surface area contributed by atoms with E-state index in [1.165, 1.54) is 0 Å². The smallest absolute Gasteiger partial charge is 0.226 e. The first-order valence-electron chi connectivity index (χ1n) is 7.58. The third-order valence-corrected chi connectivity index (χ3v) is 3.88. The van der Waals surface area contributed by atoms with Gasteiger partial charge in [-0.15, -0.1) is 0 Å². The Labute approximate surface area is 129 Å². The summed E-state index contributed by atoms with van der Waals surface area (Å²) in [4.78, 5) is 9.41. The van der Waals surface area contributed by atoms with Gasteiger partial charge in [-0.05, 0) is 31.4 Å². The van der Waals surface area contributed by atoms with Crippen LogP contribution in [0, 0.1) is 0 Å². The number of hydrogen-bond acceptors (Lipinski definition) is 3. The minimum Gasteiger partial charge on any atom is -0.439 e. The summed E-state index contributed by atoms with van der Waals surface area (Å²) in [7, 11) is 0. The summed E-state index contributed by atoms with van der Waals surface area (Å²) < 4.78 is 6.03. The average Bonchev–Trinajstić information content (AvgIpc) is 3.05. The van der Waals surface area contributed by atoms with Crippen molar-refractivity contribution in [2.45, 2.75) is 19.3 Å². The van der Waals surface area contributed by atoms with Crippen LogP contribution in [0.5, 0.6) is 11.6 Å². The predicted molar refractivity (Wildman–Crippen MR) is 86.0 cm³/mol. The zero-order valence-electron chi connectivity index (χ0n) is 12.2. The molecule has 3 nitrogen and oxygen atoms in total. The number of aryl methyl sites for hydroxylation is 1. The van der Waals surface area contributed by atoms with Crippen LogP contribution >= 0.6 is 0 Å². The standard InChI is InChI=1S/C19H16N2O/c1-3-8-14(9-4-1)18-20-17-13-7-12-16(17)19(21-18)22-15-10-5-2-6-11-15/h1-6,8-11H,7,12-13H2. The number of nitrogens with zero attached hydrogens (tertiary/aromatic N) is 2. The third-order valence-electron chi connectivity index (χ3n) is 3.88. The van der Waals surface area contributed by atoms with E-state index >= 15 is 0 Å². The highest BCUT2D eigenvalue weighted by molar-refractivity contribution is 5.57. The maximum absolute atomic E-state index is 6.03. The first kappa shape index (κ1) is 13.0. The first-order chi connectivity index (χ1) is 10.9. The van der Waals surface area contributed by atoms with Crippen LogP contribution in [0.3, 0.4) is 0 Å². The largest absolute Gasteiger partial charge is 0.439 e. The molecule has 3 heteroatoms. The quantitative estimate of drug-likeness (QED) is 0.715. The van der Waals surface area contributed by atoms with E-state index in [-0.39, 0.29) is 0 Å². The monoisotopic (exact) mass is 288 g/mol. The Morgan fingerprint density at radius 2 is 1.50 bits per heavy atom. The van der Waals surface area contributed by atoms with Gasteiger partial charge in [-0.1, -0.05) is 48.5 Å². The van der Waals surface area contributed by atoms with E-state index in [1.54, 1.807) is 0 Å². The van der Waals surface area contributed by atoms with Gasteiger partial charge in [0.25, 0.3) is 0 Å². The molecule has 108 valence electrons. The molecular formula is C19H16N2O. The van der Waals surface area contributed by atoms with Gasteiger partial charge in [0.1, 0.15) is 5.75 Å². The topological polar surface area (TPSA) is 35.0 Å². The molecule has 0 fully saturated rings. The van der Waals surface area contributed by atoms with Crippen LogP contribution in [-0.4, -0.2) is 9.97 Å². The normalized spacial score (nSPS) is 12.9. The summed E-state index contributed by atoms with van der Waals surface area (Å²) in [6.07, 6.45) is 3.11. The van der Waals surface area contributed by atoms with Crippen LogP contribution in [0.2, 0.25) is 0 Å². The molecule has 22 heavy (non-hydrogen) atoms. The molecule has 0 spiro atoms. The molecular weight excluding hydrogens is 272 g/mol. The van der Waals surface area contributed by atoms with Gasteiger partial charge in [-0.25, -0.2) is 4.98 Å². The van der Waals surface area contributed by atoms with Gasteiger partial charge in [0.15, 0.2) is 5.82 Å². The minimum atomic E-state index is 0.701. The lowest BCUT2D eigenvalue weighted by atomic mass is 10.2. The third kappa shape index (κ3) is 2.46. The van der Waals surface area contributed by atoms with Gasteiger partial charge in [0.05, 0.1) is 5.69 Å². The van der Waals surface area contributed by atoms with Gasteiger partial charge in [0, 0.05) is 11.1 Å². The van der Waals surface area contributed by atoms with E-state index in [0.717, 1.165) is 47.7 Å². The maximum Gasteiger partial charge on any atom is 0.226 e. The Morgan fingerprint density at radius 3 is 2.27 bits per heavy atom. The fourth-order valence-corrected chi connectivity index (χ4v) is 2.80. The highest BCUT2D eigenvalue weighted by atomic mass is 16.5. The molecule has 0 saturated heterocycles. The van der Waals surface area contributed by atoms with E-state index in [2.05, 4.69) is 4.98 Å². The van der Waals surface area contributed by atoms with Gasteiger partial charge in [-0.2, -0.15) is 4.98 Å². The summed E-state index contributed by atoms with van der Waals surface area (Å²) in [6.45, 7) is 0. The van der Waals surface area contributed by atoms with Crippen LogP contribution < -0.4 is 4.74 Å². The van der Waals surface area contributed by atoms with Crippen molar-refractivity contribution in [2.75, 3.05) is 0 Å². The molecule has 1 aliphatic carbocycles. The van der Waals surface area contributed by atoms with E-state index in [4.69, 9.17) is 9.72 Å². The van der Waals surface area contributed by atoms with Gasteiger partial charge in [-0.3, -0.25) is 0 Å². The molecule has 0 saturated carbocycles. The molecule has 1 heterocycles. The second-order valence-electron chi connectivity index (χ2n) is 5.41. The van der Waals surface area contributed by atoms with Crippen LogP contribution in [0.15, 0.2) is 60.7 Å². The Morgan fingerprint density at radius 1 is 0.773 bits per heavy atom. The molecule has 1 aromatic heterocycles. The second kappa shape index (κ2) is 5.60. The number of ether oxygens (including phenoxy) is 1. The lowest BCUT2D eigenvalue weighted by molar-refractivity contribution is 0.456. The predicted octanol–water partition coefficient (Wildman–Crippen LogP) is 4.42. The van der Waals surface area contributed by atoms with Crippen molar-refractivity contribution in [1.29, 1.82) is 0 Å². The lowest BCUT2D eigenvalue weighted by Gasteiger charge is -2.11. The number of rotatable bonds is 3. The first-order valence-corrected chi connectivity index (χ1v) is 7.58. The molecule has 0 unspecified atom stereocenters. The van der Waals surface area contributed by atoms with E-state index in [0.29, 0.717) is 5.88 Å². The Balaban J connectivity index is 1.78. The minimum absolute atomic E-state index is 0.701. The van der Waals surface area contributed by atoms with E-state index in [1.807, 2.05) is 60.7 Å². The fraction of sp³-hybridized carbons (Fsp3) is 0.158. The van der Waals surface area contributed by atoms with Crippen molar-refractivity contribution < 1.29 is 4.74 Å². The average molecular weight is 288 g/mol. The molecule has 4 rings (SSSR count). The molecule has 3 aromatic rings. The maximum atomic E-state index is 6.03.